The summed E-state index contributed by atoms with van der Waals surface area (Å²) in [5.74, 6) is 0.273. The van der Waals surface area contributed by atoms with Gasteiger partial charge in [-0.15, -0.1) is 0 Å². The normalized spacial score (nSPS) is 14.6. The number of benzene rings is 1. The van der Waals surface area contributed by atoms with Crippen LogP contribution in [-0.4, -0.2) is 29.1 Å². The van der Waals surface area contributed by atoms with Gasteiger partial charge in [0.25, 0.3) is 0 Å². The highest BCUT2D eigenvalue weighted by Gasteiger charge is 2.33. The molecule has 0 heterocycles. The van der Waals surface area contributed by atoms with Crippen molar-refractivity contribution in [1.82, 2.24) is 4.90 Å². The smallest absolute Gasteiger partial charge is 0.226 e. The Balaban J connectivity index is 2.07. The summed E-state index contributed by atoms with van der Waals surface area (Å²) < 4.78 is 0. The van der Waals surface area contributed by atoms with Gasteiger partial charge in [0.1, 0.15) is 0 Å². The third-order valence-electron chi connectivity index (χ3n) is 2.97. The SMILES string of the molecule is O=C(C1CC1)N(CCO)Cc1ccc(Cl)c(Cl)c1. The molecule has 1 aliphatic rings. The maximum Gasteiger partial charge on any atom is 0.226 e. The molecule has 0 unspecified atom stereocenters. The molecule has 5 heteroatoms. The highest BCUT2D eigenvalue weighted by molar-refractivity contribution is 6.42. The van der Waals surface area contributed by atoms with Crippen LogP contribution < -0.4 is 0 Å². The standard InChI is InChI=1S/C13H15Cl2NO2/c14-11-4-1-9(7-12(11)15)8-16(5-6-17)13(18)10-2-3-10/h1,4,7,10,17H,2-3,5-6,8H2. The van der Waals surface area contributed by atoms with Crippen molar-refractivity contribution in [1.29, 1.82) is 0 Å². The molecule has 0 atom stereocenters. The number of carbonyl (C=O) groups excluding carboxylic acids is 1. The fraction of sp³-hybridized carbons (Fsp3) is 0.462. The molecule has 0 bridgehead atoms. The van der Waals surface area contributed by atoms with Gasteiger partial charge in [0.05, 0.1) is 16.7 Å². The molecule has 0 spiro atoms. The van der Waals surface area contributed by atoms with Gasteiger partial charge in [-0.1, -0.05) is 29.3 Å². The van der Waals surface area contributed by atoms with Crippen molar-refractivity contribution in [3.05, 3.63) is 33.8 Å². The van der Waals surface area contributed by atoms with E-state index in [4.69, 9.17) is 28.3 Å². The molecule has 2 rings (SSSR count). The number of aliphatic hydroxyl groups excluding tert-OH is 1. The molecule has 1 N–H and O–H groups in total. The zero-order valence-corrected chi connectivity index (χ0v) is 11.4. The maximum atomic E-state index is 12.0. The minimum absolute atomic E-state index is 0.0280. The molecule has 18 heavy (non-hydrogen) atoms. The van der Waals surface area contributed by atoms with Crippen LogP contribution in [0.4, 0.5) is 0 Å². The van der Waals surface area contributed by atoms with Crippen LogP contribution in [0.2, 0.25) is 10.0 Å². The lowest BCUT2D eigenvalue weighted by Gasteiger charge is -2.22. The van der Waals surface area contributed by atoms with Gasteiger partial charge < -0.3 is 10.0 Å². The Morgan fingerprint density at radius 2 is 2.06 bits per heavy atom. The van der Waals surface area contributed by atoms with Gasteiger partial charge in [0.15, 0.2) is 0 Å². The number of amides is 1. The predicted molar refractivity (Wildman–Crippen MR) is 71.7 cm³/mol. The van der Waals surface area contributed by atoms with E-state index in [0.717, 1.165) is 18.4 Å². The Kier molecular flexibility index (Phi) is 4.49. The summed E-state index contributed by atoms with van der Waals surface area (Å²) in [6.45, 7) is 0.794. The Morgan fingerprint density at radius 3 is 2.61 bits per heavy atom. The average Bonchev–Trinajstić information content (AvgIpc) is 3.16. The Morgan fingerprint density at radius 1 is 1.33 bits per heavy atom. The number of hydrogen-bond donors (Lipinski definition) is 1. The first-order chi connectivity index (χ1) is 8.61. The summed E-state index contributed by atoms with van der Waals surface area (Å²) in [5.41, 5.74) is 0.923. The molecular weight excluding hydrogens is 273 g/mol. The first-order valence-corrected chi connectivity index (χ1v) is 6.71. The van der Waals surface area contributed by atoms with E-state index in [1.54, 1.807) is 17.0 Å². The maximum absolute atomic E-state index is 12.0. The van der Waals surface area contributed by atoms with E-state index in [1.807, 2.05) is 6.07 Å². The van der Waals surface area contributed by atoms with E-state index >= 15 is 0 Å². The summed E-state index contributed by atoms with van der Waals surface area (Å²) in [5, 5.41) is 10.0. The summed E-state index contributed by atoms with van der Waals surface area (Å²) in [6, 6.07) is 5.32. The Labute approximate surface area is 116 Å². The van der Waals surface area contributed by atoms with Crippen LogP contribution >= 0.6 is 23.2 Å². The zero-order chi connectivity index (χ0) is 13.1. The lowest BCUT2D eigenvalue weighted by Crippen LogP contribution is -2.34. The highest BCUT2D eigenvalue weighted by atomic mass is 35.5. The molecule has 98 valence electrons. The van der Waals surface area contributed by atoms with Crippen LogP contribution in [0.3, 0.4) is 0 Å². The fourth-order valence-electron chi connectivity index (χ4n) is 1.83. The molecule has 1 aliphatic carbocycles. The van der Waals surface area contributed by atoms with E-state index in [0.29, 0.717) is 23.1 Å². The molecule has 1 amide bonds. The molecule has 0 radical (unpaired) electrons. The van der Waals surface area contributed by atoms with Gasteiger partial charge in [-0.25, -0.2) is 0 Å². The molecule has 1 aromatic rings. The van der Waals surface area contributed by atoms with E-state index < -0.39 is 0 Å². The number of aliphatic hydroxyl groups is 1. The van der Waals surface area contributed by atoms with Crippen molar-refractivity contribution in [2.45, 2.75) is 19.4 Å². The van der Waals surface area contributed by atoms with Crippen LogP contribution in [0, 0.1) is 5.92 Å². The van der Waals surface area contributed by atoms with Crippen LogP contribution in [-0.2, 0) is 11.3 Å². The Hall–Kier alpha value is -0.770. The third-order valence-corrected chi connectivity index (χ3v) is 3.70. The number of rotatable bonds is 5. The molecule has 3 nitrogen and oxygen atoms in total. The first-order valence-electron chi connectivity index (χ1n) is 5.95. The molecule has 1 aromatic carbocycles. The second kappa shape index (κ2) is 5.91. The van der Waals surface area contributed by atoms with Gasteiger partial charge in [-0.2, -0.15) is 0 Å². The summed E-state index contributed by atoms with van der Waals surface area (Å²) in [6.07, 6.45) is 1.92. The van der Waals surface area contributed by atoms with Crippen molar-refractivity contribution in [3.8, 4) is 0 Å². The number of halogens is 2. The highest BCUT2D eigenvalue weighted by Crippen LogP contribution is 2.31. The second-order valence-corrected chi connectivity index (χ2v) is 5.32. The number of nitrogens with zero attached hydrogens (tertiary/aromatic N) is 1. The molecule has 1 saturated carbocycles. The van der Waals surface area contributed by atoms with Crippen LogP contribution in [0.5, 0.6) is 0 Å². The van der Waals surface area contributed by atoms with Gasteiger partial charge in [-0.05, 0) is 30.5 Å². The fourth-order valence-corrected chi connectivity index (χ4v) is 2.16. The van der Waals surface area contributed by atoms with Crippen LogP contribution in [0.25, 0.3) is 0 Å². The third kappa shape index (κ3) is 3.37. The quantitative estimate of drug-likeness (QED) is 0.905. The van der Waals surface area contributed by atoms with Gasteiger partial charge in [0, 0.05) is 19.0 Å². The number of hydrogen-bond acceptors (Lipinski definition) is 2. The molecular formula is C13H15Cl2NO2. The topological polar surface area (TPSA) is 40.5 Å². The van der Waals surface area contributed by atoms with Crippen molar-refractivity contribution >= 4 is 29.1 Å². The summed E-state index contributed by atoms with van der Waals surface area (Å²) in [7, 11) is 0. The second-order valence-electron chi connectivity index (χ2n) is 4.51. The number of carbonyl (C=O) groups is 1. The van der Waals surface area contributed by atoms with Crippen molar-refractivity contribution in [2.75, 3.05) is 13.2 Å². The van der Waals surface area contributed by atoms with E-state index in [1.165, 1.54) is 0 Å². The summed E-state index contributed by atoms with van der Waals surface area (Å²) in [4.78, 5) is 13.7. The van der Waals surface area contributed by atoms with Crippen molar-refractivity contribution in [2.24, 2.45) is 5.92 Å². The monoisotopic (exact) mass is 287 g/mol. The van der Waals surface area contributed by atoms with E-state index in [9.17, 15) is 4.79 Å². The molecule has 0 aromatic heterocycles. The van der Waals surface area contributed by atoms with Gasteiger partial charge in [-0.3, -0.25) is 4.79 Å². The first kappa shape index (κ1) is 13.7. The van der Waals surface area contributed by atoms with Crippen molar-refractivity contribution in [3.63, 3.8) is 0 Å². The van der Waals surface area contributed by atoms with E-state index in [-0.39, 0.29) is 18.4 Å². The van der Waals surface area contributed by atoms with Crippen LogP contribution in [0.15, 0.2) is 18.2 Å². The zero-order valence-electron chi connectivity index (χ0n) is 9.90. The largest absolute Gasteiger partial charge is 0.395 e. The lowest BCUT2D eigenvalue weighted by molar-refractivity contribution is -0.133. The molecule has 0 saturated heterocycles. The van der Waals surface area contributed by atoms with Crippen LogP contribution in [0.1, 0.15) is 18.4 Å². The molecule has 1 fully saturated rings. The summed E-state index contributed by atoms with van der Waals surface area (Å²) >= 11 is 11.8. The minimum Gasteiger partial charge on any atom is -0.395 e. The lowest BCUT2D eigenvalue weighted by atomic mass is 10.2. The Bertz CT molecular complexity index is 447. The van der Waals surface area contributed by atoms with E-state index in [2.05, 4.69) is 0 Å². The average molecular weight is 288 g/mol. The minimum atomic E-state index is -0.0280. The van der Waals surface area contributed by atoms with Gasteiger partial charge in [0.2, 0.25) is 5.91 Å². The van der Waals surface area contributed by atoms with Gasteiger partial charge >= 0.3 is 0 Å². The molecule has 0 aliphatic heterocycles. The van der Waals surface area contributed by atoms with Crippen molar-refractivity contribution < 1.29 is 9.90 Å². The predicted octanol–water partition coefficient (Wildman–Crippen LogP) is 2.72.